The summed E-state index contributed by atoms with van der Waals surface area (Å²) in [6, 6.07) is 6.35. The Morgan fingerprint density at radius 3 is 2.68 bits per heavy atom. The molecule has 1 amide bonds. The maximum Gasteiger partial charge on any atom is 0.258 e. The molecule has 0 heterocycles. The SMILES string of the molecule is CC1CCC(NC(=O)COc2ccccc2F)CC1. The number of ether oxygens (including phenoxy) is 1. The van der Waals surface area contributed by atoms with Crippen LogP contribution in [0.25, 0.3) is 0 Å². The average Bonchev–Trinajstić information content (AvgIpc) is 2.40. The molecule has 0 radical (unpaired) electrons. The van der Waals surface area contributed by atoms with Crippen molar-refractivity contribution in [1.29, 1.82) is 0 Å². The third-order valence-electron chi connectivity index (χ3n) is 3.58. The number of para-hydroxylation sites is 1. The van der Waals surface area contributed by atoms with E-state index in [4.69, 9.17) is 4.74 Å². The normalized spacial score (nSPS) is 22.8. The van der Waals surface area contributed by atoms with Gasteiger partial charge < -0.3 is 10.1 Å². The first-order valence-electron chi connectivity index (χ1n) is 6.82. The number of amides is 1. The highest BCUT2D eigenvalue weighted by Crippen LogP contribution is 2.23. The highest BCUT2D eigenvalue weighted by atomic mass is 19.1. The minimum Gasteiger partial charge on any atom is -0.481 e. The second-order valence-corrected chi connectivity index (χ2v) is 5.24. The molecule has 1 N–H and O–H groups in total. The molecule has 1 aliphatic rings. The van der Waals surface area contributed by atoms with Crippen LogP contribution in [0.1, 0.15) is 32.6 Å². The highest BCUT2D eigenvalue weighted by molar-refractivity contribution is 5.77. The van der Waals surface area contributed by atoms with Crippen molar-refractivity contribution in [3.8, 4) is 5.75 Å². The third kappa shape index (κ3) is 4.23. The summed E-state index contributed by atoms with van der Waals surface area (Å²) in [5, 5.41) is 2.94. The molecule has 3 nitrogen and oxygen atoms in total. The van der Waals surface area contributed by atoms with Crippen LogP contribution >= 0.6 is 0 Å². The van der Waals surface area contributed by atoms with E-state index in [-0.39, 0.29) is 24.3 Å². The third-order valence-corrected chi connectivity index (χ3v) is 3.58. The van der Waals surface area contributed by atoms with Crippen molar-refractivity contribution in [2.75, 3.05) is 6.61 Å². The Morgan fingerprint density at radius 1 is 1.32 bits per heavy atom. The van der Waals surface area contributed by atoms with Gasteiger partial charge in [-0.1, -0.05) is 19.1 Å². The summed E-state index contributed by atoms with van der Waals surface area (Å²) in [6.07, 6.45) is 4.34. The van der Waals surface area contributed by atoms with Crippen molar-refractivity contribution in [2.24, 2.45) is 5.92 Å². The summed E-state index contributed by atoms with van der Waals surface area (Å²) in [5.41, 5.74) is 0. The number of benzene rings is 1. The van der Waals surface area contributed by atoms with E-state index in [1.54, 1.807) is 12.1 Å². The van der Waals surface area contributed by atoms with E-state index in [0.717, 1.165) is 31.6 Å². The van der Waals surface area contributed by atoms with Gasteiger partial charge >= 0.3 is 0 Å². The summed E-state index contributed by atoms with van der Waals surface area (Å²) in [6.45, 7) is 2.10. The van der Waals surface area contributed by atoms with Crippen molar-refractivity contribution >= 4 is 5.91 Å². The molecule has 1 fully saturated rings. The number of hydrogen-bond acceptors (Lipinski definition) is 2. The zero-order valence-corrected chi connectivity index (χ0v) is 11.2. The molecule has 1 aliphatic carbocycles. The molecule has 1 aromatic carbocycles. The molecule has 2 rings (SSSR count). The lowest BCUT2D eigenvalue weighted by atomic mass is 9.87. The predicted octanol–water partition coefficient (Wildman–Crippen LogP) is 2.90. The van der Waals surface area contributed by atoms with Crippen molar-refractivity contribution in [2.45, 2.75) is 38.6 Å². The molecule has 0 aliphatic heterocycles. The van der Waals surface area contributed by atoms with Crippen molar-refractivity contribution in [3.63, 3.8) is 0 Å². The molecule has 4 heteroatoms. The smallest absolute Gasteiger partial charge is 0.258 e. The lowest BCUT2D eigenvalue weighted by Crippen LogP contribution is -2.39. The van der Waals surface area contributed by atoms with Crippen LogP contribution in [-0.2, 0) is 4.79 Å². The van der Waals surface area contributed by atoms with Gasteiger partial charge in [-0.15, -0.1) is 0 Å². The van der Waals surface area contributed by atoms with E-state index < -0.39 is 5.82 Å². The maximum atomic E-state index is 13.3. The van der Waals surface area contributed by atoms with Gasteiger partial charge in [-0.2, -0.15) is 0 Å². The Kier molecular flexibility index (Phi) is 4.77. The first kappa shape index (κ1) is 13.8. The van der Waals surface area contributed by atoms with Gasteiger partial charge in [-0.25, -0.2) is 4.39 Å². The Hall–Kier alpha value is -1.58. The number of carbonyl (C=O) groups is 1. The lowest BCUT2D eigenvalue weighted by molar-refractivity contribution is -0.124. The molecule has 0 saturated heterocycles. The summed E-state index contributed by atoms with van der Waals surface area (Å²) < 4.78 is 18.5. The van der Waals surface area contributed by atoms with Crippen molar-refractivity contribution in [1.82, 2.24) is 5.32 Å². The van der Waals surface area contributed by atoms with Gasteiger partial charge in [0, 0.05) is 6.04 Å². The van der Waals surface area contributed by atoms with Crippen LogP contribution in [0, 0.1) is 11.7 Å². The molecule has 19 heavy (non-hydrogen) atoms. The molecular weight excluding hydrogens is 245 g/mol. The topological polar surface area (TPSA) is 38.3 Å². The van der Waals surface area contributed by atoms with Gasteiger partial charge in [0.15, 0.2) is 18.2 Å². The minimum absolute atomic E-state index is 0.120. The van der Waals surface area contributed by atoms with Crippen LogP contribution in [0.2, 0.25) is 0 Å². The number of rotatable bonds is 4. The van der Waals surface area contributed by atoms with Crippen LogP contribution < -0.4 is 10.1 Å². The molecule has 0 aromatic heterocycles. The van der Waals surface area contributed by atoms with E-state index in [2.05, 4.69) is 12.2 Å². The van der Waals surface area contributed by atoms with Gasteiger partial charge in [0.05, 0.1) is 0 Å². The Labute approximate surface area is 113 Å². The summed E-state index contributed by atoms with van der Waals surface area (Å²) in [5.74, 6) is 0.252. The molecule has 1 aromatic rings. The number of halogens is 1. The van der Waals surface area contributed by atoms with E-state index in [9.17, 15) is 9.18 Å². The van der Waals surface area contributed by atoms with Gasteiger partial charge in [0.25, 0.3) is 5.91 Å². The zero-order valence-electron chi connectivity index (χ0n) is 11.2. The molecule has 0 unspecified atom stereocenters. The van der Waals surface area contributed by atoms with E-state index in [1.165, 1.54) is 12.1 Å². The fourth-order valence-corrected chi connectivity index (χ4v) is 2.38. The monoisotopic (exact) mass is 265 g/mol. The van der Waals surface area contributed by atoms with Crippen LogP contribution in [0.4, 0.5) is 4.39 Å². The summed E-state index contributed by atoms with van der Waals surface area (Å²) in [4.78, 5) is 11.7. The first-order valence-corrected chi connectivity index (χ1v) is 6.82. The number of carbonyl (C=O) groups excluding carboxylic acids is 1. The van der Waals surface area contributed by atoms with Crippen LogP contribution in [0.5, 0.6) is 5.75 Å². The summed E-state index contributed by atoms with van der Waals surface area (Å²) in [7, 11) is 0. The molecule has 0 spiro atoms. The molecule has 0 bridgehead atoms. The zero-order chi connectivity index (χ0) is 13.7. The minimum atomic E-state index is -0.443. The second kappa shape index (κ2) is 6.55. The van der Waals surface area contributed by atoms with Gasteiger partial charge in [-0.3, -0.25) is 4.79 Å². The van der Waals surface area contributed by atoms with E-state index in [1.807, 2.05) is 0 Å². The maximum absolute atomic E-state index is 13.3. The Bertz CT molecular complexity index is 428. The molecule has 0 atom stereocenters. The quantitative estimate of drug-likeness (QED) is 0.909. The fourth-order valence-electron chi connectivity index (χ4n) is 2.38. The molecular formula is C15H20FNO2. The fraction of sp³-hybridized carbons (Fsp3) is 0.533. The van der Waals surface area contributed by atoms with Crippen molar-refractivity contribution < 1.29 is 13.9 Å². The van der Waals surface area contributed by atoms with E-state index >= 15 is 0 Å². The molecule has 1 saturated carbocycles. The Balaban J connectivity index is 1.74. The second-order valence-electron chi connectivity index (χ2n) is 5.24. The highest BCUT2D eigenvalue weighted by Gasteiger charge is 2.19. The molecule has 104 valence electrons. The standard InChI is InChI=1S/C15H20FNO2/c1-11-6-8-12(9-7-11)17-15(18)10-19-14-5-3-2-4-13(14)16/h2-5,11-12H,6-10H2,1H3,(H,17,18). The number of nitrogens with one attached hydrogen (secondary N) is 1. The van der Waals surface area contributed by atoms with Gasteiger partial charge in [0.2, 0.25) is 0 Å². The van der Waals surface area contributed by atoms with Crippen LogP contribution in [0.15, 0.2) is 24.3 Å². The average molecular weight is 265 g/mol. The van der Waals surface area contributed by atoms with Gasteiger partial charge in [0.1, 0.15) is 0 Å². The lowest BCUT2D eigenvalue weighted by Gasteiger charge is -2.26. The largest absolute Gasteiger partial charge is 0.481 e. The van der Waals surface area contributed by atoms with Crippen molar-refractivity contribution in [3.05, 3.63) is 30.1 Å². The van der Waals surface area contributed by atoms with E-state index in [0.29, 0.717) is 0 Å². The number of hydrogen-bond donors (Lipinski definition) is 1. The predicted molar refractivity (Wildman–Crippen MR) is 71.5 cm³/mol. The summed E-state index contributed by atoms with van der Waals surface area (Å²) >= 11 is 0. The van der Waals surface area contributed by atoms with Gasteiger partial charge in [-0.05, 0) is 43.7 Å². The van der Waals surface area contributed by atoms with Crippen LogP contribution in [0.3, 0.4) is 0 Å². The first-order chi connectivity index (χ1) is 9.15. The van der Waals surface area contributed by atoms with Crippen LogP contribution in [-0.4, -0.2) is 18.6 Å². The Morgan fingerprint density at radius 2 is 2.00 bits per heavy atom.